The summed E-state index contributed by atoms with van der Waals surface area (Å²) >= 11 is 6.03. The summed E-state index contributed by atoms with van der Waals surface area (Å²) < 4.78 is 39.9. The lowest BCUT2D eigenvalue weighted by atomic mass is 10.1. The zero-order valence-corrected chi connectivity index (χ0v) is 26.8. The van der Waals surface area contributed by atoms with Crippen LogP contribution in [-0.4, -0.2) is 57.5 Å². The summed E-state index contributed by atoms with van der Waals surface area (Å²) in [5, 5.41) is 3.35. The minimum Gasteiger partial charge on any atom is -0.497 e. The van der Waals surface area contributed by atoms with Crippen molar-refractivity contribution in [2.24, 2.45) is 0 Å². The molecule has 2 amide bonds. The Labute approximate surface area is 259 Å². The predicted octanol–water partition coefficient (Wildman–Crippen LogP) is 5.66. The number of rotatable bonds is 15. The molecule has 0 radical (unpaired) electrons. The van der Waals surface area contributed by atoms with E-state index in [2.05, 4.69) is 5.32 Å². The van der Waals surface area contributed by atoms with E-state index in [-0.39, 0.29) is 29.1 Å². The van der Waals surface area contributed by atoms with Crippen molar-refractivity contribution in [1.29, 1.82) is 0 Å². The number of halogens is 1. The largest absolute Gasteiger partial charge is 0.497 e. The van der Waals surface area contributed by atoms with E-state index in [1.165, 1.54) is 29.2 Å². The normalized spacial score (nSPS) is 12.6. The molecule has 0 aliphatic heterocycles. The molecular weight excluding hydrogens is 590 g/mol. The minimum absolute atomic E-state index is 0.0283. The molecule has 0 aliphatic carbocycles. The van der Waals surface area contributed by atoms with Crippen molar-refractivity contribution in [3.05, 3.63) is 83.4 Å². The maximum Gasteiger partial charge on any atom is 0.264 e. The summed E-state index contributed by atoms with van der Waals surface area (Å²) in [6, 6.07) is 18.5. The molecule has 0 unspecified atom stereocenters. The molecule has 3 aromatic rings. The highest BCUT2D eigenvalue weighted by atomic mass is 35.5. The Kier molecular flexibility index (Phi) is 12.3. The SMILES string of the molecule is CCOc1ccc(N(CC(=O)N(Cc2cccc(OC)c2)[C@H](CC)C(=O)N[C@H](C)CC)S(=O)(=O)c2ccc(Cl)cc2)cc1. The Balaban J connectivity index is 2.07. The van der Waals surface area contributed by atoms with Crippen molar-refractivity contribution in [2.45, 2.75) is 64.1 Å². The van der Waals surface area contributed by atoms with Crippen LogP contribution in [0.4, 0.5) is 5.69 Å². The van der Waals surface area contributed by atoms with Gasteiger partial charge in [-0.25, -0.2) is 8.42 Å². The van der Waals surface area contributed by atoms with Crippen molar-refractivity contribution < 1.29 is 27.5 Å². The van der Waals surface area contributed by atoms with Crippen LogP contribution in [0.3, 0.4) is 0 Å². The zero-order valence-electron chi connectivity index (χ0n) is 25.2. The van der Waals surface area contributed by atoms with Crippen molar-refractivity contribution in [3.63, 3.8) is 0 Å². The fraction of sp³-hybridized carbons (Fsp3) is 0.375. The summed E-state index contributed by atoms with van der Waals surface area (Å²) in [4.78, 5) is 29.0. The van der Waals surface area contributed by atoms with Crippen LogP contribution in [0.2, 0.25) is 5.02 Å². The van der Waals surface area contributed by atoms with Gasteiger partial charge in [0.15, 0.2) is 0 Å². The molecule has 0 saturated heterocycles. The Hall–Kier alpha value is -3.76. The molecule has 232 valence electrons. The first kappa shape index (κ1) is 33.7. The lowest BCUT2D eigenvalue weighted by Gasteiger charge is -2.33. The number of hydrogen-bond donors (Lipinski definition) is 1. The molecule has 0 aromatic heterocycles. The van der Waals surface area contributed by atoms with E-state index in [9.17, 15) is 18.0 Å². The van der Waals surface area contributed by atoms with Gasteiger partial charge in [0.2, 0.25) is 11.8 Å². The third-order valence-corrected chi connectivity index (χ3v) is 9.03. The number of amides is 2. The van der Waals surface area contributed by atoms with Crippen LogP contribution in [-0.2, 0) is 26.2 Å². The van der Waals surface area contributed by atoms with Gasteiger partial charge in [0.25, 0.3) is 10.0 Å². The molecule has 0 aliphatic rings. The van der Waals surface area contributed by atoms with Crippen molar-refractivity contribution in [3.8, 4) is 11.5 Å². The highest BCUT2D eigenvalue weighted by molar-refractivity contribution is 7.92. The fourth-order valence-electron chi connectivity index (χ4n) is 4.47. The summed E-state index contributed by atoms with van der Waals surface area (Å²) in [6.45, 7) is 7.49. The number of benzene rings is 3. The second kappa shape index (κ2) is 15.6. The van der Waals surface area contributed by atoms with Gasteiger partial charge in [0.1, 0.15) is 24.1 Å². The van der Waals surface area contributed by atoms with E-state index < -0.39 is 28.5 Å². The monoisotopic (exact) mass is 629 g/mol. The third kappa shape index (κ3) is 8.87. The molecule has 43 heavy (non-hydrogen) atoms. The van der Waals surface area contributed by atoms with E-state index in [1.807, 2.05) is 33.8 Å². The van der Waals surface area contributed by atoms with Gasteiger partial charge in [-0.1, -0.05) is 37.6 Å². The Bertz CT molecular complexity index is 1470. The summed E-state index contributed by atoms with van der Waals surface area (Å²) in [6.07, 6.45) is 1.04. The molecule has 0 bridgehead atoms. The quantitative estimate of drug-likeness (QED) is 0.232. The molecule has 0 saturated carbocycles. The van der Waals surface area contributed by atoms with E-state index in [0.717, 1.165) is 16.3 Å². The summed E-state index contributed by atoms with van der Waals surface area (Å²) in [5.41, 5.74) is 1.00. The zero-order chi connectivity index (χ0) is 31.6. The topological polar surface area (TPSA) is 105 Å². The number of sulfonamides is 1. The minimum atomic E-state index is -4.22. The van der Waals surface area contributed by atoms with Crippen LogP contribution < -0.4 is 19.1 Å². The van der Waals surface area contributed by atoms with Crippen molar-refractivity contribution in [2.75, 3.05) is 24.6 Å². The molecule has 9 nitrogen and oxygen atoms in total. The fourth-order valence-corrected chi connectivity index (χ4v) is 6.01. The molecular formula is C32H40ClN3O6S. The molecule has 3 aromatic carbocycles. The Morgan fingerprint density at radius 2 is 1.60 bits per heavy atom. The van der Waals surface area contributed by atoms with Crippen LogP contribution in [0.15, 0.2) is 77.7 Å². The Morgan fingerprint density at radius 3 is 2.19 bits per heavy atom. The Morgan fingerprint density at radius 1 is 0.930 bits per heavy atom. The molecule has 11 heteroatoms. The third-order valence-electron chi connectivity index (χ3n) is 6.99. The molecule has 0 heterocycles. The van der Waals surface area contributed by atoms with E-state index >= 15 is 0 Å². The van der Waals surface area contributed by atoms with E-state index in [0.29, 0.717) is 29.5 Å². The van der Waals surface area contributed by atoms with Gasteiger partial charge in [-0.3, -0.25) is 13.9 Å². The second-order valence-corrected chi connectivity index (χ2v) is 12.3. The van der Waals surface area contributed by atoms with Gasteiger partial charge in [-0.15, -0.1) is 0 Å². The first-order valence-electron chi connectivity index (χ1n) is 14.3. The highest BCUT2D eigenvalue weighted by Gasteiger charge is 2.34. The lowest BCUT2D eigenvalue weighted by molar-refractivity contribution is -0.140. The van der Waals surface area contributed by atoms with Gasteiger partial charge >= 0.3 is 0 Å². The number of hydrogen-bond acceptors (Lipinski definition) is 6. The second-order valence-electron chi connectivity index (χ2n) is 10.0. The van der Waals surface area contributed by atoms with Crippen LogP contribution >= 0.6 is 11.6 Å². The number of ether oxygens (including phenoxy) is 2. The number of anilines is 1. The number of methoxy groups -OCH3 is 1. The van der Waals surface area contributed by atoms with E-state index in [4.69, 9.17) is 21.1 Å². The van der Waals surface area contributed by atoms with Crippen LogP contribution in [0.25, 0.3) is 0 Å². The van der Waals surface area contributed by atoms with Crippen molar-refractivity contribution in [1.82, 2.24) is 10.2 Å². The molecule has 1 N–H and O–H groups in total. The summed E-state index contributed by atoms with van der Waals surface area (Å²) in [5.74, 6) is 0.318. The highest BCUT2D eigenvalue weighted by Crippen LogP contribution is 2.28. The maximum atomic E-state index is 14.2. The first-order valence-corrected chi connectivity index (χ1v) is 16.1. The van der Waals surface area contributed by atoms with Gasteiger partial charge in [0.05, 0.1) is 24.3 Å². The predicted molar refractivity (Wildman–Crippen MR) is 169 cm³/mol. The molecule has 0 fully saturated rings. The van der Waals surface area contributed by atoms with Crippen LogP contribution in [0.1, 0.15) is 46.1 Å². The van der Waals surface area contributed by atoms with Gasteiger partial charge in [-0.2, -0.15) is 0 Å². The van der Waals surface area contributed by atoms with E-state index in [1.54, 1.807) is 49.6 Å². The average molecular weight is 630 g/mol. The van der Waals surface area contributed by atoms with Crippen LogP contribution in [0.5, 0.6) is 11.5 Å². The van der Waals surface area contributed by atoms with Gasteiger partial charge in [0, 0.05) is 17.6 Å². The lowest BCUT2D eigenvalue weighted by Crippen LogP contribution is -2.53. The van der Waals surface area contributed by atoms with Crippen LogP contribution in [0, 0.1) is 0 Å². The average Bonchev–Trinajstić information content (AvgIpc) is 3.00. The number of nitrogens with one attached hydrogen (secondary N) is 1. The van der Waals surface area contributed by atoms with Gasteiger partial charge < -0.3 is 19.7 Å². The maximum absolute atomic E-state index is 14.2. The molecule has 2 atom stereocenters. The number of carbonyl (C=O) groups is 2. The molecule has 3 rings (SSSR count). The van der Waals surface area contributed by atoms with Crippen molar-refractivity contribution >= 4 is 39.1 Å². The first-order chi connectivity index (χ1) is 20.5. The number of carbonyl (C=O) groups excluding carboxylic acids is 2. The standard InChI is InChI=1S/C32H40ClN3O6S/c1-6-23(4)34-32(38)30(7-2)35(21-24-10-9-11-28(20-24)41-5)31(37)22-36(26-14-16-27(17-15-26)42-8-3)43(39,40)29-18-12-25(33)13-19-29/h9-20,23,30H,6-8,21-22H2,1-5H3,(H,34,38)/t23-,30-/m1/s1. The summed E-state index contributed by atoms with van der Waals surface area (Å²) in [7, 11) is -2.67. The van der Waals surface area contributed by atoms with Gasteiger partial charge in [-0.05, 0) is 92.9 Å². The number of nitrogens with zero attached hydrogens (tertiary/aromatic N) is 2. The smallest absolute Gasteiger partial charge is 0.264 e. The molecule has 0 spiro atoms.